The van der Waals surface area contributed by atoms with E-state index in [2.05, 4.69) is 33.6 Å². The van der Waals surface area contributed by atoms with Crippen molar-refractivity contribution in [1.82, 2.24) is 19.7 Å². The van der Waals surface area contributed by atoms with Gasteiger partial charge in [0, 0.05) is 30.1 Å². The van der Waals surface area contributed by atoms with E-state index in [1.807, 2.05) is 53.1 Å². The molecule has 0 aliphatic heterocycles. The first kappa shape index (κ1) is 16.0. The predicted octanol–water partition coefficient (Wildman–Crippen LogP) is 3.67. The van der Waals surface area contributed by atoms with Crippen molar-refractivity contribution in [2.75, 3.05) is 5.75 Å². The van der Waals surface area contributed by atoms with Crippen LogP contribution in [0.1, 0.15) is 5.56 Å². The third kappa shape index (κ3) is 3.92. The molecule has 0 bridgehead atoms. The van der Waals surface area contributed by atoms with Gasteiger partial charge in [0.2, 0.25) is 0 Å². The number of pyridine rings is 1. The van der Waals surface area contributed by atoms with E-state index in [-0.39, 0.29) is 0 Å². The molecule has 0 radical (unpaired) electrons. The van der Waals surface area contributed by atoms with E-state index in [0.717, 1.165) is 22.1 Å². The summed E-state index contributed by atoms with van der Waals surface area (Å²) in [5.41, 5.74) is 2.00. The fourth-order valence-electron chi connectivity index (χ4n) is 2.16. The molecule has 0 fully saturated rings. The molecule has 5 heteroatoms. The van der Waals surface area contributed by atoms with Crippen LogP contribution in [0.2, 0.25) is 0 Å². The van der Waals surface area contributed by atoms with Gasteiger partial charge in [-0.1, -0.05) is 47.9 Å². The van der Waals surface area contributed by atoms with Crippen LogP contribution in [-0.2, 0) is 6.54 Å². The standard InChI is InChI=1S/C19H16N4S/c1-2-14-23-18(17-10-12-20-13-11-17)21-22-19(23)24-15-6-9-16-7-4-3-5-8-16/h2-5,7-8,10-13H,1,14-15H2. The lowest BCUT2D eigenvalue weighted by molar-refractivity contribution is 0.732. The van der Waals surface area contributed by atoms with Gasteiger partial charge in [0.25, 0.3) is 0 Å². The molecule has 0 saturated heterocycles. The van der Waals surface area contributed by atoms with Gasteiger partial charge in [-0.3, -0.25) is 9.55 Å². The SMILES string of the molecule is C=CCn1c(SCC#Cc2ccccc2)nnc1-c1ccncc1. The van der Waals surface area contributed by atoms with Crippen LogP contribution in [0.5, 0.6) is 0 Å². The summed E-state index contributed by atoms with van der Waals surface area (Å²) in [6.45, 7) is 4.47. The molecule has 4 nitrogen and oxygen atoms in total. The molecule has 0 amide bonds. The molecule has 3 rings (SSSR count). The Bertz CT molecular complexity index is 861. The molecule has 0 aliphatic carbocycles. The number of rotatable bonds is 5. The zero-order valence-corrected chi connectivity index (χ0v) is 13.9. The summed E-state index contributed by atoms with van der Waals surface area (Å²) in [5.74, 6) is 7.78. The molecule has 118 valence electrons. The summed E-state index contributed by atoms with van der Waals surface area (Å²) in [4.78, 5) is 4.04. The monoisotopic (exact) mass is 332 g/mol. The molecule has 0 saturated carbocycles. The summed E-state index contributed by atoms with van der Waals surface area (Å²) in [6.07, 6.45) is 5.34. The third-order valence-electron chi connectivity index (χ3n) is 3.25. The molecular formula is C19H16N4S. The molecule has 0 unspecified atom stereocenters. The van der Waals surface area contributed by atoms with Crippen LogP contribution in [0.4, 0.5) is 0 Å². The van der Waals surface area contributed by atoms with Gasteiger partial charge in [-0.2, -0.15) is 0 Å². The molecule has 2 heterocycles. The van der Waals surface area contributed by atoms with Crippen LogP contribution in [0.25, 0.3) is 11.4 Å². The minimum atomic E-state index is 0.652. The lowest BCUT2D eigenvalue weighted by atomic mass is 10.2. The maximum Gasteiger partial charge on any atom is 0.192 e. The lowest BCUT2D eigenvalue weighted by Gasteiger charge is -2.06. The van der Waals surface area contributed by atoms with Gasteiger partial charge in [-0.25, -0.2) is 0 Å². The normalized spacial score (nSPS) is 10.0. The zero-order valence-electron chi connectivity index (χ0n) is 13.1. The highest BCUT2D eigenvalue weighted by Crippen LogP contribution is 2.23. The van der Waals surface area contributed by atoms with Crippen molar-refractivity contribution in [3.63, 3.8) is 0 Å². The van der Waals surface area contributed by atoms with E-state index in [0.29, 0.717) is 12.3 Å². The van der Waals surface area contributed by atoms with E-state index in [1.54, 1.807) is 24.2 Å². The van der Waals surface area contributed by atoms with Crippen molar-refractivity contribution >= 4 is 11.8 Å². The van der Waals surface area contributed by atoms with E-state index in [4.69, 9.17) is 0 Å². The topological polar surface area (TPSA) is 43.6 Å². The van der Waals surface area contributed by atoms with Gasteiger partial charge < -0.3 is 0 Å². The first-order chi connectivity index (χ1) is 11.9. The lowest BCUT2D eigenvalue weighted by Crippen LogP contribution is -2.00. The second-order valence-corrected chi connectivity index (χ2v) is 5.84. The maximum atomic E-state index is 4.31. The van der Waals surface area contributed by atoms with Crippen molar-refractivity contribution < 1.29 is 0 Å². The summed E-state index contributed by atoms with van der Waals surface area (Å²) >= 11 is 1.57. The summed E-state index contributed by atoms with van der Waals surface area (Å²) in [6, 6.07) is 13.8. The summed E-state index contributed by atoms with van der Waals surface area (Å²) < 4.78 is 2.04. The summed E-state index contributed by atoms with van der Waals surface area (Å²) in [5, 5.41) is 9.44. The maximum absolute atomic E-state index is 4.31. The molecule has 2 aromatic heterocycles. The number of aromatic nitrogens is 4. The van der Waals surface area contributed by atoms with Crippen LogP contribution in [0.15, 0.2) is 72.7 Å². The molecule has 1 aromatic carbocycles. The van der Waals surface area contributed by atoms with Crippen molar-refractivity contribution in [2.24, 2.45) is 0 Å². The largest absolute Gasteiger partial charge is 0.298 e. The quantitative estimate of drug-likeness (QED) is 0.406. The number of thioether (sulfide) groups is 1. The number of benzene rings is 1. The Kier molecular flexibility index (Phi) is 5.44. The zero-order chi connectivity index (χ0) is 16.6. The fraction of sp³-hybridized carbons (Fsp3) is 0.105. The molecule has 24 heavy (non-hydrogen) atoms. The first-order valence-corrected chi connectivity index (χ1v) is 8.48. The number of allylic oxidation sites excluding steroid dienone is 1. The Morgan fingerprint density at radius 3 is 2.62 bits per heavy atom. The third-order valence-corrected chi connectivity index (χ3v) is 4.10. The van der Waals surface area contributed by atoms with Crippen molar-refractivity contribution in [3.8, 4) is 23.2 Å². The Morgan fingerprint density at radius 1 is 1.08 bits per heavy atom. The van der Waals surface area contributed by atoms with Crippen LogP contribution in [0.3, 0.4) is 0 Å². The van der Waals surface area contributed by atoms with Gasteiger partial charge in [0.05, 0.1) is 5.75 Å². The Hall–Kier alpha value is -2.84. The van der Waals surface area contributed by atoms with Crippen LogP contribution in [-0.4, -0.2) is 25.5 Å². The highest BCUT2D eigenvalue weighted by molar-refractivity contribution is 7.99. The van der Waals surface area contributed by atoms with Gasteiger partial charge in [0.1, 0.15) is 0 Å². The van der Waals surface area contributed by atoms with Crippen LogP contribution in [0, 0.1) is 11.8 Å². The molecule has 0 aliphatic rings. The van der Waals surface area contributed by atoms with Crippen LogP contribution >= 0.6 is 11.8 Å². The van der Waals surface area contributed by atoms with Crippen molar-refractivity contribution in [3.05, 3.63) is 73.1 Å². The highest BCUT2D eigenvalue weighted by Gasteiger charge is 2.12. The first-order valence-electron chi connectivity index (χ1n) is 7.49. The predicted molar refractivity (Wildman–Crippen MR) is 97.5 cm³/mol. The van der Waals surface area contributed by atoms with Crippen LogP contribution < -0.4 is 0 Å². The van der Waals surface area contributed by atoms with E-state index < -0.39 is 0 Å². The molecule has 0 N–H and O–H groups in total. The molecule has 0 spiro atoms. The highest BCUT2D eigenvalue weighted by atomic mass is 32.2. The number of nitrogens with zero attached hydrogens (tertiary/aromatic N) is 4. The molecule has 3 aromatic rings. The molecular weight excluding hydrogens is 316 g/mol. The van der Waals surface area contributed by atoms with Crippen molar-refractivity contribution in [2.45, 2.75) is 11.7 Å². The molecule has 0 atom stereocenters. The number of hydrogen-bond donors (Lipinski definition) is 0. The van der Waals surface area contributed by atoms with E-state index in [1.165, 1.54) is 0 Å². The smallest absolute Gasteiger partial charge is 0.192 e. The Labute approximate surface area is 145 Å². The second-order valence-electron chi connectivity index (χ2n) is 4.90. The van der Waals surface area contributed by atoms with E-state index in [9.17, 15) is 0 Å². The second kappa shape index (κ2) is 8.14. The van der Waals surface area contributed by atoms with Gasteiger partial charge in [0.15, 0.2) is 11.0 Å². The van der Waals surface area contributed by atoms with Crippen molar-refractivity contribution in [1.29, 1.82) is 0 Å². The number of hydrogen-bond acceptors (Lipinski definition) is 4. The Morgan fingerprint density at radius 2 is 1.88 bits per heavy atom. The van der Waals surface area contributed by atoms with Gasteiger partial charge in [-0.05, 0) is 24.3 Å². The minimum absolute atomic E-state index is 0.652. The average molecular weight is 332 g/mol. The average Bonchev–Trinajstić information content (AvgIpc) is 3.03. The Balaban J connectivity index is 1.75. The summed E-state index contributed by atoms with van der Waals surface area (Å²) in [7, 11) is 0. The van der Waals surface area contributed by atoms with Gasteiger partial charge in [-0.15, -0.1) is 16.8 Å². The minimum Gasteiger partial charge on any atom is -0.298 e. The van der Waals surface area contributed by atoms with Gasteiger partial charge >= 0.3 is 0 Å². The fourth-order valence-corrected chi connectivity index (χ4v) is 2.85. The van der Waals surface area contributed by atoms with E-state index >= 15 is 0 Å².